The van der Waals surface area contributed by atoms with Gasteiger partial charge in [0.2, 0.25) is 0 Å². The van der Waals surface area contributed by atoms with Gasteiger partial charge in [0.1, 0.15) is 5.82 Å². The molecule has 1 unspecified atom stereocenters. The molecule has 0 amide bonds. The average Bonchev–Trinajstić information content (AvgIpc) is 3.05. The molecular formula is C18H30N6O. The molecule has 1 aromatic heterocycles. The van der Waals surface area contributed by atoms with E-state index in [1.807, 2.05) is 7.05 Å². The smallest absolute Gasteiger partial charge is 0.191 e. The Hall–Kier alpha value is -1.89. The molecule has 3 rings (SSSR count). The van der Waals surface area contributed by atoms with E-state index in [1.165, 1.54) is 5.57 Å². The van der Waals surface area contributed by atoms with Crippen LogP contribution in [-0.2, 0) is 17.7 Å². The molecule has 0 fully saturated rings. The highest BCUT2D eigenvalue weighted by atomic mass is 16.5. The zero-order valence-corrected chi connectivity index (χ0v) is 15.6. The van der Waals surface area contributed by atoms with Crippen molar-refractivity contribution in [3.05, 3.63) is 23.3 Å². The number of guanidine groups is 1. The number of nitrogens with zero attached hydrogens (tertiary/aromatic N) is 4. The van der Waals surface area contributed by atoms with Crippen LogP contribution in [0.4, 0.5) is 0 Å². The number of rotatable bonds is 5. The van der Waals surface area contributed by atoms with Crippen molar-refractivity contribution in [2.45, 2.75) is 58.0 Å². The summed E-state index contributed by atoms with van der Waals surface area (Å²) in [5, 5.41) is 11.6. The maximum absolute atomic E-state index is 5.35. The van der Waals surface area contributed by atoms with Crippen molar-refractivity contribution in [3.63, 3.8) is 0 Å². The van der Waals surface area contributed by atoms with Gasteiger partial charge in [-0.1, -0.05) is 25.5 Å². The molecule has 7 heteroatoms. The summed E-state index contributed by atoms with van der Waals surface area (Å²) < 4.78 is 7.40. The SMILES string of the molecule is CN=C(NCCC1=CCOCC1)NC1CCc2nc(C(C)C)nn2C1. The minimum absolute atomic E-state index is 0.336. The van der Waals surface area contributed by atoms with Crippen LogP contribution in [0.3, 0.4) is 0 Å². The molecule has 2 aliphatic rings. The van der Waals surface area contributed by atoms with Gasteiger partial charge in [0, 0.05) is 32.0 Å². The number of hydrogen-bond donors (Lipinski definition) is 2. The molecular weight excluding hydrogens is 316 g/mol. The molecule has 1 atom stereocenters. The predicted octanol–water partition coefficient (Wildman–Crippen LogP) is 1.62. The zero-order valence-electron chi connectivity index (χ0n) is 15.6. The Kier molecular flexibility index (Phi) is 6.07. The van der Waals surface area contributed by atoms with Crippen LogP contribution >= 0.6 is 0 Å². The minimum Gasteiger partial charge on any atom is -0.377 e. The first kappa shape index (κ1) is 17.9. The minimum atomic E-state index is 0.336. The number of aryl methyl sites for hydroxylation is 1. The fourth-order valence-corrected chi connectivity index (χ4v) is 3.21. The van der Waals surface area contributed by atoms with Gasteiger partial charge in [-0.15, -0.1) is 0 Å². The number of ether oxygens (including phenoxy) is 1. The summed E-state index contributed by atoms with van der Waals surface area (Å²) in [7, 11) is 1.82. The van der Waals surface area contributed by atoms with Crippen molar-refractivity contribution in [2.24, 2.45) is 4.99 Å². The van der Waals surface area contributed by atoms with Gasteiger partial charge < -0.3 is 15.4 Å². The van der Waals surface area contributed by atoms with Crippen LogP contribution in [0.5, 0.6) is 0 Å². The van der Waals surface area contributed by atoms with Crippen LogP contribution in [0.15, 0.2) is 16.6 Å². The van der Waals surface area contributed by atoms with Gasteiger partial charge in [0.25, 0.3) is 0 Å². The van der Waals surface area contributed by atoms with Crippen molar-refractivity contribution in [2.75, 3.05) is 26.8 Å². The molecule has 1 aromatic rings. The van der Waals surface area contributed by atoms with E-state index in [0.717, 1.165) is 69.6 Å². The lowest BCUT2D eigenvalue weighted by Crippen LogP contribution is -2.47. The van der Waals surface area contributed by atoms with Crippen LogP contribution in [0.25, 0.3) is 0 Å². The second-order valence-corrected chi connectivity index (χ2v) is 7.04. The quantitative estimate of drug-likeness (QED) is 0.481. The lowest BCUT2D eigenvalue weighted by Gasteiger charge is -2.25. The highest BCUT2D eigenvalue weighted by molar-refractivity contribution is 5.79. The van der Waals surface area contributed by atoms with E-state index in [2.05, 4.69) is 50.3 Å². The summed E-state index contributed by atoms with van der Waals surface area (Å²) >= 11 is 0. The van der Waals surface area contributed by atoms with Crippen LogP contribution in [0.1, 0.15) is 50.7 Å². The van der Waals surface area contributed by atoms with Crippen molar-refractivity contribution in [1.82, 2.24) is 25.4 Å². The second kappa shape index (κ2) is 8.47. The Morgan fingerprint density at radius 3 is 3.04 bits per heavy atom. The average molecular weight is 346 g/mol. The highest BCUT2D eigenvalue weighted by Gasteiger charge is 2.23. The zero-order chi connectivity index (χ0) is 17.6. The first-order valence-corrected chi connectivity index (χ1v) is 9.32. The van der Waals surface area contributed by atoms with Crippen molar-refractivity contribution in [3.8, 4) is 0 Å². The van der Waals surface area contributed by atoms with E-state index in [9.17, 15) is 0 Å². The van der Waals surface area contributed by atoms with E-state index in [1.54, 1.807) is 0 Å². The summed E-state index contributed by atoms with van der Waals surface area (Å²) in [4.78, 5) is 9.01. The van der Waals surface area contributed by atoms with Crippen LogP contribution < -0.4 is 10.6 Å². The topological polar surface area (TPSA) is 76.4 Å². The fourth-order valence-electron chi connectivity index (χ4n) is 3.21. The third kappa shape index (κ3) is 4.81. The van der Waals surface area contributed by atoms with Crippen molar-refractivity contribution >= 4 is 5.96 Å². The van der Waals surface area contributed by atoms with Crippen LogP contribution in [0, 0.1) is 0 Å². The summed E-state index contributed by atoms with van der Waals surface area (Å²) in [6, 6.07) is 0.336. The maximum Gasteiger partial charge on any atom is 0.191 e. The predicted molar refractivity (Wildman–Crippen MR) is 98.9 cm³/mol. The van der Waals surface area contributed by atoms with Crippen molar-refractivity contribution < 1.29 is 4.74 Å². The highest BCUT2D eigenvalue weighted by Crippen LogP contribution is 2.17. The summed E-state index contributed by atoms with van der Waals surface area (Å²) in [5.41, 5.74) is 1.47. The van der Waals surface area contributed by atoms with Gasteiger partial charge in [-0.25, -0.2) is 9.67 Å². The normalized spacial score (nSPS) is 21.0. The van der Waals surface area contributed by atoms with Gasteiger partial charge in [0.05, 0.1) is 19.8 Å². The molecule has 138 valence electrons. The van der Waals surface area contributed by atoms with Gasteiger partial charge in [-0.3, -0.25) is 4.99 Å². The Bertz CT molecular complexity index is 634. The number of hydrogen-bond acceptors (Lipinski definition) is 4. The van der Waals surface area contributed by atoms with E-state index in [4.69, 9.17) is 4.74 Å². The van der Waals surface area contributed by atoms with Crippen molar-refractivity contribution in [1.29, 1.82) is 0 Å². The molecule has 2 aliphatic heterocycles. The van der Waals surface area contributed by atoms with E-state index in [0.29, 0.717) is 12.0 Å². The molecule has 0 bridgehead atoms. The molecule has 0 aromatic carbocycles. The molecule has 3 heterocycles. The van der Waals surface area contributed by atoms with Crippen LogP contribution in [0.2, 0.25) is 0 Å². The lowest BCUT2D eigenvalue weighted by atomic mass is 10.1. The van der Waals surface area contributed by atoms with Gasteiger partial charge >= 0.3 is 0 Å². The summed E-state index contributed by atoms with van der Waals surface area (Å²) in [5.74, 6) is 3.29. The first-order chi connectivity index (χ1) is 12.2. The summed E-state index contributed by atoms with van der Waals surface area (Å²) in [6.07, 6.45) is 6.30. The molecule has 2 N–H and O–H groups in total. The van der Waals surface area contributed by atoms with Gasteiger partial charge in [0.15, 0.2) is 11.8 Å². The number of fused-ring (bicyclic) bond motifs is 1. The molecule has 0 radical (unpaired) electrons. The monoisotopic (exact) mass is 346 g/mol. The molecule has 0 spiro atoms. The Balaban J connectivity index is 1.48. The molecule has 0 aliphatic carbocycles. The Morgan fingerprint density at radius 2 is 2.32 bits per heavy atom. The number of aromatic nitrogens is 3. The lowest BCUT2D eigenvalue weighted by molar-refractivity contribution is 0.153. The van der Waals surface area contributed by atoms with E-state index < -0.39 is 0 Å². The maximum atomic E-state index is 5.35. The van der Waals surface area contributed by atoms with Gasteiger partial charge in [-0.2, -0.15) is 5.10 Å². The van der Waals surface area contributed by atoms with E-state index in [-0.39, 0.29) is 0 Å². The second-order valence-electron chi connectivity index (χ2n) is 7.04. The molecule has 0 saturated heterocycles. The molecule has 7 nitrogen and oxygen atoms in total. The van der Waals surface area contributed by atoms with Crippen LogP contribution in [-0.4, -0.2) is 53.6 Å². The summed E-state index contributed by atoms with van der Waals surface area (Å²) in [6.45, 7) is 7.61. The van der Waals surface area contributed by atoms with E-state index >= 15 is 0 Å². The molecule has 25 heavy (non-hydrogen) atoms. The number of nitrogens with one attached hydrogen (secondary N) is 2. The third-order valence-electron chi connectivity index (χ3n) is 4.75. The number of aliphatic imine (C=N–C) groups is 1. The van der Waals surface area contributed by atoms with Gasteiger partial charge in [-0.05, 0) is 19.3 Å². The Labute approximate surface area is 150 Å². The largest absolute Gasteiger partial charge is 0.377 e. The first-order valence-electron chi connectivity index (χ1n) is 9.32. The molecule has 0 saturated carbocycles. The standard InChI is InChI=1S/C18H30N6O/c1-13(2)17-22-16-5-4-15(12-24(16)23-17)21-18(19-3)20-9-6-14-7-10-25-11-8-14/h7,13,15H,4-6,8-12H2,1-3H3,(H2,19,20,21). The Morgan fingerprint density at radius 1 is 1.44 bits per heavy atom. The fraction of sp³-hybridized carbons (Fsp3) is 0.722. The third-order valence-corrected chi connectivity index (χ3v) is 4.75.